The zero-order valence-electron chi connectivity index (χ0n) is 12.1. The lowest BCUT2D eigenvalue weighted by molar-refractivity contribution is 0.0580. The van der Waals surface area contributed by atoms with Gasteiger partial charge in [-0.15, -0.1) is 0 Å². The highest BCUT2D eigenvalue weighted by molar-refractivity contribution is 6.08. The number of hydrogen-bond acceptors (Lipinski definition) is 4. The number of amides is 1. The molecule has 0 aliphatic carbocycles. The van der Waals surface area contributed by atoms with Gasteiger partial charge >= 0.3 is 6.09 Å². The van der Waals surface area contributed by atoms with E-state index >= 15 is 0 Å². The van der Waals surface area contributed by atoms with Gasteiger partial charge in [-0.05, 0) is 39.7 Å². The van der Waals surface area contributed by atoms with Gasteiger partial charge in [0.2, 0.25) is 0 Å². The smallest absolute Gasteiger partial charge is 0.414 e. The van der Waals surface area contributed by atoms with Crippen LogP contribution < -0.4 is 4.90 Å². The Morgan fingerprint density at radius 2 is 2.05 bits per heavy atom. The van der Waals surface area contributed by atoms with Crippen LogP contribution in [0.1, 0.15) is 39.2 Å². The lowest BCUT2D eigenvalue weighted by Gasteiger charge is -2.27. The van der Waals surface area contributed by atoms with Gasteiger partial charge in [-0.3, -0.25) is 4.90 Å². The molecule has 1 aliphatic rings. The molecule has 0 fully saturated rings. The Balaban J connectivity index is 2.37. The lowest BCUT2D eigenvalue weighted by Crippen LogP contribution is -2.37. The van der Waals surface area contributed by atoms with E-state index in [1.807, 2.05) is 45.0 Å². The second kappa shape index (κ2) is 5.53. The first-order chi connectivity index (χ1) is 9.42. The van der Waals surface area contributed by atoms with Gasteiger partial charge in [0.1, 0.15) is 5.60 Å². The minimum absolute atomic E-state index is 0.371. The second-order valence-corrected chi connectivity index (χ2v) is 5.80. The summed E-state index contributed by atoms with van der Waals surface area (Å²) in [5, 5.41) is 12.5. The van der Waals surface area contributed by atoms with Crippen LogP contribution in [0.3, 0.4) is 0 Å². The standard InChI is InChI=1S/C15H20N2O3/c1-15(2,3)20-14(18)17-10-6-8-12(16-19)11-7-4-5-9-13(11)17/h4-5,7,9,19H,6,8,10H2,1-3H3/b16-12-. The summed E-state index contributed by atoms with van der Waals surface area (Å²) in [5.41, 5.74) is 1.57. The van der Waals surface area contributed by atoms with Gasteiger partial charge in [0, 0.05) is 12.1 Å². The number of oxime groups is 1. The molecule has 1 N–H and O–H groups in total. The predicted molar refractivity (Wildman–Crippen MR) is 77.6 cm³/mol. The van der Waals surface area contributed by atoms with E-state index in [1.54, 1.807) is 4.90 Å². The number of carbonyl (C=O) groups excluding carboxylic acids is 1. The summed E-state index contributed by atoms with van der Waals surface area (Å²) in [4.78, 5) is 13.9. The second-order valence-electron chi connectivity index (χ2n) is 5.80. The first-order valence-corrected chi connectivity index (χ1v) is 6.73. The van der Waals surface area contributed by atoms with Crippen LogP contribution in [0.15, 0.2) is 29.4 Å². The van der Waals surface area contributed by atoms with Crippen molar-refractivity contribution in [1.29, 1.82) is 0 Å². The van der Waals surface area contributed by atoms with E-state index in [-0.39, 0.29) is 6.09 Å². The van der Waals surface area contributed by atoms with Gasteiger partial charge in [0.25, 0.3) is 0 Å². The van der Waals surface area contributed by atoms with Crippen molar-refractivity contribution in [3.8, 4) is 0 Å². The average Bonchev–Trinajstić information content (AvgIpc) is 2.55. The first kappa shape index (κ1) is 14.4. The van der Waals surface area contributed by atoms with Crippen LogP contribution in [0.4, 0.5) is 10.5 Å². The zero-order chi connectivity index (χ0) is 14.8. The molecule has 1 aromatic carbocycles. The fraction of sp³-hybridized carbons (Fsp3) is 0.467. The van der Waals surface area contributed by atoms with Crippen LogP contribution in [0.2, 0.25) is 0 Å². The Kier molecular flexibility index (Phi) is 3.97. The van der Waals surface area contributed by atoms with E-state index in [0.29, 0.717) is 18.7 Å². The minimum atomic E-state index is -0.535. The zero-order valence-corrected chi connectivity index (χ0v) is 12.1. The van der Waals surface area contributed by atoms with Gasteiger partial charge in [-0.25, -0.2) is 4.79 Å². The van der Waals surface area contributed by atoms with E-state index in [0.717, 1.165) is 17.7 Å². The van der Waals surface area contributed by atoms with Crippen LogP contribution in [0, 0.1) is 0 Å². The molecule has 0 spiro atoms. The molecular weight excluding hydrogens is 256 g/mol. The quantitative estimate of drug-likeness (QED) is 0.583. The molecule has 0 saturated heterocycles. The van der Waals surface area contributed by atoms with Gasteiger partial charge < -0.3 is 9.94 Å². The summed E-state index contributed by atoms with van der Waals surface area (Å²) in [7, 11) is 0. The van der Waals surface area contributed by atoms with Crippen LogP contribution in [-0.4, -0.2) is 29.2 Å². The monoisotopic (exact) mass is 276 g/mol. The van der Waals surface area contributed by atoms with Crippen molar-refractivity contribution in [1.82, 2.24) is 0 Å². The summed E-state index contributed by atoms with van der Waals surface area (Å²) in [6.07, 6.45) is 0.990. The molecule has 0 aromatic heterocycles. The van der Waals surface area contributed by atoms with Crippen LogP contribution in [-0.2, 0) is 4.74 Å². The minimum Gasteiger partial charge on any atom is -0.443 e. The van der Waals surface area contributed by atoms with Crippen molar-refractivity contribution in [2.75, 3.05) is 11.4 Å². The average molecular weight is 276 g/mol. The third kappa shape index (κ3) is 3.10. The van der Waals surface area contributed by atoms with Gasteiger partial charge in [0.05, 0.1) is 11.4 Å². The van der Waals surface area contributed by atoms with Crippen molar-refractivity contribution in [2.24, 2.45) is 5.16 Å². The molecule has 2 rings (SSSR count). The van der Waals surface area contributed by atoms with E-state index in [1.165, 1.54) is 0 Å². The van der Waals surface area contributed by atoms with Crippen LogP contribution in [0.5, 0.6) is 0 Å². The fourth-order valence-corrected chi connectivity index (χ4v) is 2.22. The number of benzene rings is 1. The van der Waals surface area contributed by atoms with E-state index in [9.17, 15) is 4.79 Å². The molecular formula is C15H20N2O3. The third-order valence-electron chi connectivity index (χ3n) is 3.04. The topological polar surface area (TPSA) is 62.1 Å². The van der Waals surface area contributed by atoms with Crippen molar-refractivity contribution >= 4 is 17.5 Å². The molecule has 5 nitrogen and oxygen atoms in total. The summed E-state index contributed by atoms with van der Waals surface area (Å²) >= 11 is 0. The summed E-state index contributed by atoms with van der Waals surface area (Å²) in [5.74, 6) is 0. The largest absolute Gasteiger partial charge is 0.443 e. The van der Waals surface area contributed by atoms with Crippen LogP contribution >= 0.6 is 0 Å². The molecule has 1 aromatic rings. The molecule has 1 amide bonds. The molecule has 0 unspecified atom stereocenters. The lowest BCUT2D eigenvalue weighted by atomic mass is 10.1. The van der Waals surface area contributed by atoms with Crippen LogP contribution in [0.25, 0.3) is 0 Å². The fourth-order valence-electron chi connectivity index (χ4n) is 2.22. The normalized spacial score (nSPS) is 17.6. The molecule has 0 radical (unpaired) electrons. The first-order valence-electron chi connectivity index (χ1n) is 6.73. The number of para-hydroxylation sites is 1. The maximum Gasteiger partial charge on any atom is 0.414 e. The molecule has 0 bridgehead atoms. The molecule has 1 aliphatic heterocycles. The summed E-state index contributed by atoms with van der Waals surface area (Å²) in [6.45, 7) is 6.07. The number of rotatable bonds is 0. The maximum atomic E-state index is 12.3. The molecule has 108 valence electrons. The number of nitrogens with zero attached hydrogens (tertiary/aromatic N) is 2. The highest BCUT2D eigenvalue weighted by atomic mass is 16.6. The Morgan fingerprint density at radius 1 is 1.35 bits per heavy atom. The number of ether oxygens (including phenoxy) is 1. The Bertz CT molecular complexity index is 532. The van der Waals surface area contributed by atoms with Crippen molar-refractivity contribution in [3.05, 3.63) is 29.8 Å². The molecule has 0 atom stereocenters. The molecule has 1 heterocycles. The highest BCUT2D eigenvalue weighted by Crippen LogP contribution is 2.28. The SMILES string of the molecule is CC(C)(C)OC(=O)N1CCC/C(=N/O)c2ccccc21. The number of carbonyl (C=O) groups is 1. The predicted octanol–water partition coefficient (Wildman–Crippen LogP) is 3.40. The Morgan fingerprint density at radius 3 is 2.70 bits per heavy atom. The summed E-state index contributed by atoms with van der Waals surface area (Å²) < 4.78 is 5.44. The van der Waals surface area contributed by atoms with Crippen molar-refractivity contribution < 1.29 is 14.7 Å². The van der Waals surface area contributed by atoms with E-state index < -0.39 is 5.60 Å². The maximum absolute atomic E-state index is 12.3. The number of hydrogen-bond donors (Lipinski definition) is 1. The number of anilines is 1. The van der Waals surface area contributed by atoms with E-state index in [2.05, 4.69) is 5.16 Å². The summed E-state index contributed by atoms with van der Waals surface area (Å²) in [6, 6.07) is 7.42. The molecule has 5 heteroatoms. The van der Waals surface area contributed by atoms with Gasteiger partial charge in [0.15, 0.2) is 0 Å². The van der Waals surface area contributed by atoms with Crippen molar-refractivity contribution in [3.63, 3.8) is 0 Å². The number of fused-ring (bicyclic) bond motifs is 1. The van der Waals surface area contributed by atoms with Crippen molar-refractivity contribution in [2.45, 2.75) is 39.2 Å². The van der Waals surface area contributed by atoms with Gasteiger partial charge in [-0.1, -0.05) is 23.4 Å². The third-order valence-corrected chi connectivity index (χ3v) is 3.04. The van der Waals surface area contributed by atoms with Gasteiger partial charge in [-0.2, -0.15) is 0 Å². The molecule has 20 heavy (non-hydrogen) atoms. The molecule has 0 saturated carbocycles. The Hall–Kier alpha value is -2.04. The van der Waals surface area contributed by atoms with E-state index in [4.69, 9.17) is 9.94 Å². The highest BCUT2D eigenvalue weighted by Gasteiger charge is 2.27. The Labute approximate surface area is 118 Å².